The molecule has 14 nitrogen and oxygen atoms in total. The van der Waals surface area contributed by atoms with Crippen LogP contribution in [0.4, 0.5) is 0 Å². The Labute approximate surface area is 314 Å². The summed E-state index contributed by atoms with van der Waals surface area (Å²) in [6, 6.07) is 19.7. The molecule has 0 bridgehead atoms. The molecule has 0 aliphatic carbocycles. The molecule has 0 saturated carbocycles. The van der Waals surface area contributed by atoms with E-state index in [0.717, 1.165) is 22.3 Å². The number of nitrogens with zero attached hydrogens (tertiary/aromatic N) is 1. The third kappa shape index (κ3) is 11.5. The maximum atomic E-state index is 12.9. The van der Waals surface area contributed by atoms with Crippen LogP contribution in [-0.4, -0.2) is 120 Å². The second-order valence-corrected chi connectivity index (χ2v) is 13.1. The Balaban J connectivity index is 1.09. The minimum atomic E-state index is -0.759. The predicted molar refractivity (Wildman–Crippen MR) is 193 cm³/mol. The van der Waals surface area contributed by atoms with Gasteiger partial charge in [-0.05, 0) is 34.9 Å². The molecule has 3 aromatic carbocycles. The van der Waals surface area contributed by atoms with Crippen molar-refractivity contribution in [3.05, 3.63) is 106 Å². The second kappa shape index (κ2) is 20.6. The highest BCUT2D eigenvalue weighted by Crippen LogP contribution is 2.38. The van der Waals surface area contributed by atoms with Gasteiger partial charge >= 0.3 is 11.9 Å². The lowest BCUT2D eigenvalue weighted by Crippen LogP contribution is -2.42. The summed E-state index contributed by atoms with van der Waals surface area (Å²) >= 11 is 0. The Morgan fingerprint density at radius 3 is 1.83 bits per heavy atom. The molecule has 290 valence electrons. The van der Waals surface area contributed by atoms with E-state index in [2.05, 4.69) is 15.0 Å². The fourth-order valence-corrected chi connectivity index (χ4v) is 6.29. The molecule has 3 atom stereocenters. The van der Waals surface area contributed by atoms with Crippen molar-refractivity contribution in [1.29, 1.82) is 0 Å². The Morgan fingerprint density at radius 1 is 0.667 bits per heavy atom. The van der Waals surface area contributed by atoms with Crippen LogP contribution in [0.25, 0.3) is 0 Å². The maximum Gasteiger partial charge on any atom is 0.346 e. The number of aliphatic hydroxyl groups excluding tert-OH is 1. The van der Waals surface area contributed by atoms with Crippen LogP contribution in [0, 0.1) is 0 Å². The van der Waals surface area contributed by atoms with Gasteiger partial charge in [0.25, 0.3) is 5.91 Å². The van der Waals surface area contributed by atoms with E-state index in [0.29, 0.717) is 92.1 Å². The number of hydrogen-bond donors (Lipinski definition) is 2. The zero-order chi connectivity index (χ0) is 37.5. The Morgan fingerprint density at radius 2 is 1.22 bits per heavy atom. The smallest absolute Gasteiger partial charge is 0.346 e. The first-order chi connectivity index (χ1) is 26.5. The molecule has 3 aliphatic rings. The van der Waals surface area contributed by atoms with Crippen molar-refractivity contribution in [2.24, 2.45) is 0 Å². The van der Waals surface area contributed by atoms with E-state index in [9.17, 15) is 19.5 Å². The number of nitrogens with one attached hydrogen (secondary N) is 1. The van der Waals surface area contributed by atoms with Crippen molar-refractivity contribution in [2.75, 3.05) is 85.7 Å². The number of amides is 1. The third-order valence-corrected chi connectivity index (χ3v) is 9.28. The molecule has 3 aliphatic heterocycles. The number of fused-ring (bicyclic) bond motifs is 1. The van der Waals surface area contributed by atoms with Crippen molar-refractivity contribution >= 4 is 17.8 Å². The van der Waals surface area contributed by atoms with Gasteiger partial charge in [-0.2, -0.15) is 0 Å². The molecular weight excluding hydrogens is 700 g/mol. The largest absolute Gasteiger partial charge is 0.392 e. The second-order valence-electron chi connectivity index (χ2n) is 13.1. The fourth-order valence-electron chi connectivity index (χ4n) is 6.29. The number of carbonyl (C=O) groups excluding carboxylic acids is 3. The van der Waals surface area contributed by atoms with Crippen LogP contribution in [0.5, 0.6) is 0 Å². The molecule has 14 heteroatoms. The minimum Gasteiger partial charge on any atom is -0.392 e. The van der Waals surface area contributed by atoms with Crippen molar-refractivity contribution < 1.29 is 57.4 Å². The molecule has 3 aromatic rings. The Kier molecular flexibility index (Phi) is 15.1. The van der Waals surface area contributed by atoms with Crippen LogP contribution in [0.15, 0.2) is 66.7 Å². The third-order valence-electron chi connectivity index (χ3n) is 9.28. The van der Waals surface area contributed by atoms with Gasteiger partial charge in [-0.15, -0.1) is 0 Å². The number of rotatable bonds is 8. The molecule has 2 saturated heterocycles. The van der Waals surface area contributed by atoms with Gasteiger partial charge in [0.15, 0.2) is 6.29 Å². The summed E-state index contributed by atoms with van der Waals surface area (Å²) in [7, 11) is 0. The Bertz CT molecular complexity index is 1650. The van der Waals surface area contributed by atoms with Gasteiger partial charge in [-0.25, -0.2) is 9.59 Å². The van der Waals surface area contributed by atoms with E-state index in [1.165, 1.54) is 18.2 Å². The number of aliphatic hydroxyl groups is 1. The van der Waals surface area contributed by atoms with Gasteiger partial charge in [0.1, 0.15) is 0 Å². The number of carbonyl (C=O) groups is 3. The quantitative estimate of drug-likeness (QED) is 0.255. The number of ether oxygens (including phenoxy) is 8. The topological polar surface area (TPSA) is 161 Å². The zero-order valence-corrected chi connectivity index (χ0v) is 30.3. The zero-order valence-electron chi connectivity index (χ0n) is 30.3. The van der Waals surface area contributed by atoms with E-state index in [1.54, 1.807) is 0 Å². The first-order valence-corrected chi connectivity index (χ1v) is 18.4. The minimum absolute atomic E-state index is 0.0400. The van der Waals surface area contributed by atoms with Crippen molar-refractivity contribution in [3.8, 4) is 0 Å². The standard InChI is InChI=1S/C40H48N2O12/c43-27-29-3-5-30(6-4-29)36-24-33(26-42-11-13-47-15-17-49-19-21-51-22-20-50-18-16-48-14-12-42)52-40(53-36)31-7-1-28(2-8-31)25-41-37(44)32-9-10-34-35(23-32)39(46)54-38(34)45/h1-10,23,33,36,40,43H,11-22,24-27H2,(H,41,44)/t33-,36+,40?/m0/s1. The first-order valence-electron chi connectivity index (χ1n) is 18.4. The lowest BCUT2D eigenvalue weighted by atomic mass is 9.99. The van der Waals surface area contributed by atoms with E-state index in [1.807, 2.05) is 48.5 Å². The molecule has 0 aromatic heterocycles. The average Bonchev–Trinajstić information content (AvgIpc) is 3.49. The molecule has 3 heterocycles. The van der Waals surface area contributed by atoms with E-state index in [-0.39, 0.29) is 48.0 Å². The molecule has 2 N–H and O–H groups in total. The van der Waals surface area contributed by atoms with E-state index < -0.39 is 18.2 Å². The molecule has 0 radical (unpaired) electrons. The Hall–Kier alpha value is -4.09. The van der Waals surface area contributed by atoms with Crippen LogP contribution in [0.1, 0.15) is 72.1 Å². The molecule has 1 unspecified atom stereocenters. The summed E-state index contributed by atoms with van der Waals surface area (Å²) in [5, 5.41) is 12.5. The van der Waals surface area contributed by atoms with E-state index >= 15 is 0 Å². The molecule has 0 spiro atoms. The van der Waals surface area contributed by atoms with Gasteiger partial charge in [-0.1, -0.05) is 48.5 Å². The monoisotopic (exact) mass is 748 g/mol. The SMILES string of the molecule is O=C(NCc1ccc(C2O[C@H](CN3CCOCCOCCOCCOCCOCC3)C[C@H](c3ccc(CO)cc3)O2)cc1)c1ccc2c(c1)C(=O)OC2=O. The van der Waals surface area contributed by atoms with E-state index in [4.69, 9.17) is 33.2 Å². The molecule has 1 amide bonds. The number of esters is 2. The van der Waals surface area contributed by atoms with Gasteiger partial charge in [0, 0.05) is 43.7 Å². The number of cyclic esters (lactones) is 2. The number of hydrogen-bond acceptors (Lipinski definition) is 13. The summed E-state index contributed by atoms with van der Waals surface area (Å²) in [6.45, 7) is 7.22. The fraction of sp³-hybridized carbons (Fsp3) is 0.475. The van der Waals surface area contributed by atoms with Crippen molar-refractivity contribution in [2.45, 2.75) is 38.1 Å². The number of benzene rings is 3. The summed E-state index contributed by atoms with van der Waals surface area (Å²) in [4.78, 5) is 38.9. The molecule has 6 rings (SSSR count). The highest BCUT2D eigenvalue weighted by molar-refractivity contribution is 6.15. The summed E-state index contributed by atoms with van der Waals surface area (Å²) in [5.41, 5.74) is 3.97. The lowest BCUT2D eigenvalue weighted by molar-refractivity contribution is -0.253. The van der Waals surface area contributed by atoms with Crippen molar-refractivity contribution in [3.63, 3.8) is 0 Å². The molecule has 54 heavy (non-hydrogen) atoms. The lowest BCUT2D eigenvalue weighted by Gasteiger charge is -2.38. The van der Waals surface area contributed by atoms with Gasteiger partial charge < -0.3 is 48.3 Å². The van der Waals surface area contributed by atoms with Gasteiger partial charge in [0.2, 0.25) is 0 Å². The summed E-state index contributed by atoms with van der Waals surface area (Å²) in [5.74, 6) is -1.86. The first kappa shape index (κ1) is 39.6. The molecular formula is C40H48N2O12. The molecule has 2 fully saturated rings. The summed E-state index contributed by atoms with van der Waals surface area (Å²) in [6.07, 6.45) is -0.480. The van der Waals surface area contributed by atoms with Crippen LogP contribution in [-0.2, 0) is 51.0 Å². The highest BCUT2D eigenvalue weighted by Gasteiger charge is 2.33. The summed E-state index contributed by atoms with van der Waals surface area (Å²) < 4.78 is 46.3. The highest BCUT2D eigenvalue weighted by atomic mass is 16.7. The van der Waals surface area contributed by atoms with Crippen LogP contribution < -0.4 is 5.32 Å². The van der Waals surface area contributed by atoms with Crippen LogP contribution in [0.2, 0.25) is 0 Å². The van der Waals surface area contributed by atoms with Gasteiger partial charge in [0.05, 0.1) is 96.0 Å². The van der Waals surface area contributed by atoms with Crippen molar-refractivity contribution in [1.82, 2.24) is 10.2 Å². The van der Waals surface area contributed by atoms with Crippen LogP contribution in [0.3, 0.4) is 0 Å². The van der Waals surface area contributed by atoms with Crippen LogP contribution >= 0.6 is 0 Å². The normalized spacial score (nSPS) is 22.8. The predicted octanol–water partition coefficient (Wildman–Crippen LogP) is 3.36. The average molecular weight is 749 g/mol. The maximum absolute atomic E-state index is 12.9. The van der Waals surface area contributed by atoms with Gasteiger partial charge in [-0.3, -0.25) is 9.69 Å².